The minimum Gasteiger partial charge on any atom is -0.435 e. The maximum atomic E-state index is 11.0. The van der Waals surface area contributed by atoms with Gasteiger partial charge in [0.05, 0.1) is 6.10 Å². The topological polar surface area (TPSA) is 78.6 Å². The van der Waals surface area contributed by atoms with Crippen LogP contribution in [-0.4, -0.2) is 32.4 Å². The van der Waals surface area contributed by atoms with Gasteiger partial charge in [0.2, 0.25) is 0 Å². The average molecular weight is 273 g/mol. The van der Waals surface area contributed by atoms with Crippen molar-refractivity contribution in [1.82, 2.24) is 0 Å². The number of nitrogens with two attached hydrogens (primary N) is 1. The monoisotopic (exact) mass is 273 g/mol. The Kier molecular flexibility index (Phi) is 3.93. The second kappa shape index (κ2) is 4.66. The molecule has 1 aliphatic carbocycles. The molecule has 0 saturated heterocycles. The van der Waals surface area contributed by atoms with Gasteiger partial charge in [0, 0.05) is 12.8 Å². The van der Waals surface area contributed by atoms with Gasteiger partial charge in [0.25, 0.3) is 0 Å². The molecule has 1 amide bonds. The number of carbonyl (C=O) groups is 2. The van der Waals surface area contributed by atoms with E-state index in [2.05, 4.69) is 33.9 Å². The van der Waals surface area contributed by atoms with Gasteiger partial charge in [0.15, 0.2) is 20.2 Å². The summed E-state index contributed by atoms with van der Waals surface area (Å²) in [5.74, 6) is 0. The second-order valence-corrected chi connectivity index (χ2v) is 11.3. The zero-order chi connectivity index (χ0) is 14.2. The number of amides is 1. The molecule has 0 aromatic heterocycles. The number of carbonyl (C=O) groups excluding carboxylic acids is 2. The van der Waals surface area contributed by atoms with E-state index < -0.39 is 20.0 Å². The quantitative estimate of drug-likeness (QED) is 0.629. The molecule has 5 nitrogen and oxygen atoms in total. The highest BCUT2D eigenvalue weighted by Gasteiger charge is 2.51. The molecule has 0 aromatic carbocycles. The lowest BCUT2D eigenvalue weighted by molar-refractivity contribution is -0.145. The fourth-order valence-electron chi connectivity index (χ4n) is 1.79. The fraction of sp³-hybridized carbons (Fsp3) is 0.833. The van der Waals surface area contributed by atoms with Gasteiger partial charge in [-0.2, -0.15) is 0 Å². The predicted octanol–water partition coefficient (Wildman–Crippen LogP) is 2.20. The zero-order valence-corrected chi connectivity index (χ0v) is 12.8. The van der Waals surface area contributed by atoms with E-state index in [-0.39, 0.29) is 11.1 Å². The lowest BCUT2D eigenvalue weighted by Gasteiger charge is -2.47. The first-order chi connectivity index (χ1) is 8.01. The summed E-state index contributed by atoms with van der Waals surface area (Å²) in [6, 6.07) is 0. The number of ether oxygens (including phenoxy) is 1. The van der Waals surface area contributed by atoms with Gasteiger partial charge in [-0.1, -0.05) is 20.8 Å². The first-order valence-corrected chi connectivity index (χ1v) is 9.05. The van der Waals surface area contributed by atoms with Crippen molar-refractivity contribution in [3.8, 4) is 0 Å². The Morgan fingerprint density at radius 1 is 1.39 bits per heavy atom. The Hall–Kier alpha value is -0.883. The molecule has 1 rings (SSSR count). The Bertz CT molecular complexity index is 342. The van der Waals surface area contributed by atoms with E-state index >= 15 is 0 Å². The van der Waals surface area contributed by atoms with Crippen LogP contribution in [0, 0.1) is 0 Å². The highest BCUT2D eigenvalue weighted by molar-refractivity contribution is 6.74. The molecular weight excluding hydrogens is 250 g/mol. The van der Waals surface area contributed by atoms with Crippen LogP contribution in [0.2, 0.25) is 18.1 Å². The lowest BCUT2D eigenvalue weighted by atomic mass is 9.78. The van der Waals surface area contributed by atoms with Crippen LogP contribution in [0.5, 0.6) is 0 Å². The van der Waals surface area contributed by atoms with Crippen LogP contribution in [0.15, 0.2) is 0 Å². The molecule has 0 radical (unpaired) electrons. The molecule has 0 aromatic rings. The van der Waals surface area contributed by atoms with Crippen LogP contribution in [0.25, 0.3) is 0 Å². The van der Waals surface area contributed by atoms with Crippen LogP contribution in [0.4, 0.5) is 4.79 Å². The van der Waals surface area contributed by atoms with E-state index in [9.17, 15) is 9.59 Å². The zero-order valence-electron chi connectivity index (χ0n) is 11.8. The Morgan fingerprint density at radius 2 is 1.89 bits per heavy atom. The third kappa shape index (κ3) is 3.11. The Labute approximate surface area is 109 Å². The van der Waals surface area contributed by atoms with Crippen molar-refractivity contribution in [3.05, 3.63) is 0 Å². The summed E-state index contributed by atoms with van der Waals surface area (Å²) in [4.78, 5) is 21.7. The molecule has 0 atom stereocenters. The summed E-state index contributed by atoms with van der Waals surface area (Å²) >= 11 is 0. The van der Waals surface area contributed by atoms with Gasteiger partial charge in [-0.25, -0.2) is 4.79 Å². The molecule has 0 unspecified atom stereocenters. The number of rotatable bonds is 4. The van der Waals surface area contributed by atoms with E-state index in [1.54, 1.807) is 0 Å². The van der Waals surface area contributed by atoms with Crippen LogP contribution in [-0.2, 0) is 14.0 Å². The summed E-state index contributed by atoms with van der Waals surface area (Å²) in [6.45, 7) is 10.8. The molecule has 18 heavy (non-hydrogen) atoms. The highest BCUT2D eigenvalue weighted by atomic mass is 28.4. The van der Waals surface area contributed by atoms with Gasteiger partial charge in [-0.3, -0.25) is 4.79 Å². The minimum atomic E-state index is -1.84. The minimum absolute atomic E-state index is 0.0181. The van der Waals surface area contributed by atoms with Crippen molar-refractivity contribution in [3.63, 3.8) is 0 Å². The number of hydrogen-bond donors (Lipinski definition) is 1. The molecule has 1 aliphatic rings. The van der Waals surface area contributed by atoms with Gasteiger partial charge in [-0.05, 0) is 18.1 Å². The molecule has 2 N–H and O–H groups in total. The van der Waals surface area contributed by atoms with E-state index in [1.165, 1.54) is 0 Å². The van der Waals surface area contributed by atoms with Gasteiger partial charge >= 0.3 is 6.09 Å². The van der Waals surface area contributed by atoms with Gasteiger partial charge in [-0.15, -0.1) is 0 Å². The van der Waals surface area contributed by atoms with Crippen LogP contribution < -0.4 is 5.73 Å². The molecule has 1 fully saturated rings. The molecular formula is C12H23NO4Si. The normalized spacial score (nSPS) is 28.4. The molecule has 0 spiro atoms. The van der Waals surface area contributed by atoms with Crippen LogP contribution in [0.1, 0.15) is 33.6 Å². The summed E-state index contributed by atoms with van der Waals surface area (Å²) in [5.41, 5.74) is 3.90. The summed E-state index contributed by atoms with van der Waals surface area (Å²) in [5, 5.41) is 0.122. The molecule has 1 saturated carbocycles. The van der Waals surface area contributed by atoms with E-state index in [0.29, 0.717) is 19.1 Å². The number of aldehydes is 1. The third-order valence-electron chi connectivity index (χ3n) is 3.93. The Balaban J connectivity index is 2.57. The maximum Gasteiger partial charge on any atom is 0.405 e. The molecule has 104 valence electrons. The first-order valence-electron chi connectivity index (χ1n) is 6.14. The predicted molar refractivity (Wildman–Crippen MR) is 70.8 cm³/mol. The van der Waals surface area contributed by atoms with E-state index in [1.807, 2.05) is 0 Å². The van der Waals surface area contributed by atoms with E-state index in [0.717, 1.165) is 0 Å². The summed E-state index contributed by atoms with van der Waals surface area (Å²) < 4.78 is 11.0. The summed E-state index contributed by atoms with van der Waals surface area (Å²) in [7, 11) is -1.84. The van der Waals surface area contributed by atoms with Crippen molar-refractivity contribution < 1.29 is 18.8 Å². The molecule has 6 heteroatoms. The van der Waals surface area contributed by atoms with Gasteiger partial charge < -0.3 is 14.9 Å². The van der Waals surface area contributed by atoms with Crippen molar-refractivity contribution in [2.24, 2.45) is 5.73 Å². The van der Waals surface area contributed by atoms with Crippen molar-refractivity contribution in [2.75, 3.05) is 0 Å². The summed E-state index contributed by atoms with van der Waals surface area (Å²) in [6.07, 6.45) is 0.546. The molecule has 0 aliphatic heterocycles. The fourth-order valence-corrected chi connectivity index (χ4v) is 3.15. The molecule has 0 heterocycles. The van der Waals surface area contributed by atoms with Crippen LogP contribution >= 0.6 is 0 Å². The lowest BCUT2D eigenvalue weighted by Crippen LogP contribution is -2.57. The van der Waals surface area contributed by atoms with Crippen molar-refractivity contribution >= 4 is 20.7 Å². The largest absolute Gasteiger partial charge is 0.435 e. The maximum absolute atomic E-state index is 11.0. The SMILES string of the molecule is CC(C)(C)[Si](C)(C)OC1CC(C=O)(OC(N)=O)C1. The third-order valence-corrected chi connectivity index (χ3v) is 8.47. The van der Waals surface area contributed by atoms with Crippen LogP contribution in [0.3, 0.4) is 0 Å². The average Bonchev–Trinajstić information content (AvgIpc) is 2.10. The second-order valence-electron chi connectivity index (χ2n) is 6.51. The standard InChI is InChI=1S/C12H23NO4Si/c1-11(2,3)18(4,5)17-9-6-12(7-9,8-14)16-10(13)15/h8-9H,6-7H2,1-5H3,(H2,13,15). The van der Waals surface area contributed by atoms with E-state index in [4.69, 9.17) is 14.9 Å². The number of hydrogen-bond acceptors (Lipinski definition) is 4. The molecule has 0 bridgehead atoms. The first kappa shape index (κ1) is 15.2. The number of primary amides is 1. The van der Waals surface area contributed by atoms with Crippen molar-refractivity contribution in [2.45, 2.75) is 63.5 Å². The van der Waals surface area contributed by atoms with Crippen molar-refractivity contribution in [1.29, 1.82) is 0 Å². The highest BCUT2D eigenvalue weighted by Crippen LogP contribution is 2.43. The van der Waals surface area contributed by atoms with Gasteiger partial charge in [0.1, 0.15) is 0 Å². The smallest absolute Gasteiger partial charge is 0.405 e. The Morgan fingerprint density at radius 3 is 2.22 bits per heavy atom.